The predicted octanol–water partition coefficient (Wildman–Crippen LogP) is 4.28. The number of amides is 1. The zero-order chi connectivity index (χ0) is 15.8. The second-order valence-corrected chi connectivity index (χ2v) is 6.63. The van der Waals surface area contributed by atoms with Crippen molar-refractivity contribution < 1.29 is 4.79 Å². The monoisotopic (exact) mass is 313 g/mol. The molecule has 116 valence electrons. The van der Waals surface area contributed by atoms with Crippen LogP contribution in [-0.4, -0.2) is 23.6 Å². The van der Waals surface area contributed by atoms with E-state index in [1.165, 1.54) is 16.7 Å². The maximum absolute atomic E-state index is 12.1. The van der Waals surface area contributed by atoms with Crippen LogP contribution in [-0.2, 0) is 17.1 Å². The molecule has 0 heterocycles. The molecule has 0 aliphatic carbocycles. The molecule has 0 aliphatic heterocycles. The van der Waals surface area contributed by atoms with Crippen LogP contribution in [0.25, 0.3) is 0 Å². The first-order valence-electron chi connectivity index (χ1n) is 7.56. The molecule has 0 radical (unpaired) electrons. The fourth-order valence-electron chi connectivity index (χ4n) is 2.17. The van der Waals surface area contributed by atoms with Crippen molar-refractivity contribution in [3.05, 3.63) is 71.3 Å². The molecule has 2 nitrogen and oxygen atoms in total. The second-order valence-electron chi connectivity index (χ2n) is 5.52. The number of benzene rings is 2. The van der Waals surface area contributed by atoms with Crippen molar-refractivity contribution in [1.82, 2.24) is 4.90 Å². The van der Waals surface area contributed by atoms with Crippen molar-refractivity contribution in [2.45, 2.75) is 25.6 Å². The molecule has 2 aromatic carbocycles. The standard InChI is InChI=1S/C19H23NOS/c1-16-8-10-17(11-9-16)14-20(2)19(21)12-13-22-15-18-6-4-3-5-7-18/h3-11H,12-15H2,1-2H3. The predicted molar refractivity (Wildman–Crippen MR) is 94.9 cm³/mol. The summed E-state index contributed by atoms with van der Waals surface area (Å²) < 4.78 is 0. The highest BCUT2D eigenvalue weighted by Gasteiger charge is 2.09. The zero-order valence-corrected chi connectivity index (χ0v) is 14.1. The largest absolute Gasteiger partial charge is 0.341 e. The van der Waals surface area contributed by atoms with Crippen LogP contribution in [0.4, 0.5) is 0 Å². The summed E-state index contributed by atoms with van der Waals surface area (Å²) in [6, 6.07) is 18.7. The molecule has 0 aromatic heterocycles. The average molecular weight is 313 g/mol. The van der Waals surface area contributed by atoms with Gasteiger partial charge in [0.2, 0.25) is 5.91 Å². The molecular weight excluding hydrogens is 290 g/mol. The van der Waals surface area contributed by atoms with Gasteiger partial charge in [0.25, 0.3) is 0 Å². The van der Waals surface area contributed by atoms with Gasteiger partial charge in [0.05, 0.1) is 0 Å². The molecule has 1 amide bonds. The van der Waals surface area contributed by atoms with Gasteiger partial charge in [-0.1, -0.05) is 60.2 Å². The Bertz CT molecular complexity index is 580. The number of carbonyl (C=O) groups is 1. The third-order valence-electron chi connectivity index (χ3n) is 3.54. The lowest BCUT2D eigenvalue weighted by Gasteiger charge is -2.17. The van der Waals surface area contributed by atoms with Gasteiger partial charge in [0.1, 0.15) is 0 Å². The molecule has 0 spiro atoms. The Kier molecular flexibility index (Phi) is 6.53. The lowest BCUT2D eigenvalue weighted by molar-refractivity contribution is -0.129. The first-order chi connectivity index (χ1) is 10.6. The van der Waals surface area contributed by atoms with Crippen LogP contribution in [0.5, 0.6) is 0 Å². The van der Waals surface area contributed by atoms with Gasteiger partial charge < -0.3 is 4.90 Å². The number of thioether (sulfide) groups is 1. The van der Waals surface area contributed by atoms with Crippen molar-refractivity contribution in [2.75, 3.05) is 12.8 Å². The molecule has 3 heteroatoms. The lowest BCUT2D eigenvalue weighted by atomic mass is 10.1. The van der Waals surface area contributed by atoms with Crippen LogP contribution in [0, 0.1) is 6.92 Å². The molecule has 2 aromatic rings. The number of nitrogens with zero attached hydrogens (tertiary/aromatic N) is 1. The quantitative estimate of drug-likeness (QED) is 0.711. The van der Waals surface area contributed by atoms with E-state index in [2.05, 4.69) is 55.5 Å². The zero-order valence-electron chi connectivity index (χ0n) is 13.3. The van der Waals surface area contributed by atoms with Gasteiger partial charge in [0.15, 0.2) is 0 Å². The van der Waals surface area contributed by atoms with Gasteiger partial charge in [-0.3, -0.25) is 4.79 Å². The topological polar surface area (TPSA) is 20.3 Å². The number of hydrogen-bond donors (Lipinski definition) is 0. The smallest absolute Gasteiger partial charge is 0.223 e. The van der Waals surface area contributed by atoms with Crippen LogP contribution in [0.3, 0.4) is 0 Å². The van der Waals surface area contributed by atoms with Gasteiger partial charge in [-0.2, -0.15) is 11.8 Å². The van der Waals surface area contributed by atoms with Crippen molar-refractivity contribution >= 4 is 17.7 Å². The minimum absolute atomic E-state index is 0.209. The second kappa shape index (κ2) is 8.64. The van der Waals surface area contributed by atoms with Crippen LogP contribution >= 0.6 is 11.8 Å². The highest BCUT2D eigenvalue weighted by atomic mass is 32.2. The Morgan fingerprint density at radius 3 is 2.36 bits per heavy atom. The maximum atomic E-state index is 12.1. The van der Waals surface area contributed by atoms with Gasteiger partial charge >= 0.3 is 0 Å². The Labute approximate surface area is 137 Å². The highest BCUT2D eigenvalue weighted by Crippen LogP contribution is 2.14. The minimum Gasteiger partial charge on any atom is -0.341 e. The van der Waals surface area contributed by atoms with Gasteiger partial charge in [0, 0.05) is 31.5 Å². The highest BCUT2D eigenvalue weighted by molar-refractivity contribution is 7.98. The lowest BCUT2D eigenvalue weighted by Crippen LogP contribution is -2.26. The van der Waals surface area contributed by atoms with Gasteiger partial charge in [-0.25, -0.2) is 0 Å². The molecule has 0 saturated carbocycles. The normalized spacial score (nSPS) is 10.5. The Morgan fingerprint density at radius 1 is 1.00 bits per heavy atom. The van der Waals surface area contributed by atoms with Crippen molar-refractivity contribution in [3.8, 4) is 0 Å². The Balaban J connectivity index is 1.69. The Morgan fingerprint density at radius 2 is 1.68 bits per heavy atom. The van der Waals surface area contributed by atoms with Crippen molar-refractivity contribution in [2.24, 2.45) is 0 Å². The molecule has 0 N–H and O–H groups in total. The van der Waals surface area contributed by atoms with Crippen LogP contribution in [0.15, 0.2) is 54.6 Å². The van der Waals surface area contributed by atoms with E-state index in [0.717, 1.165) is 11.5 Å². The van der Waals surface area contributed by atoms with E-state index >= 15 is 0 Å². The third kappa shape index (κ3) is 5.57. The van der Waals surface area contributed by atoms with E-state index in [9.17, 15) is 4.79 Å². The molecule has 0 fully saturated rings. The molecule has 0 unspecified atom stereocenters. The van der Waals surface area contributed by atoms with Gasteiger partial charge in [-0.15, -0.1) is 0 Å². The molecule has 2 rings (SSSR count). The first kappa shape index (κ1) is 16.6. The molecule has 0 saturated heterocycles. The fraction of sp³-hybridized carbons (Fsp3) is 0.316. The van der Waals surface area contributed by atoms with Crippen LogP contribution < -0.4 is 0 Å². The third-order valence-corrected chi connectivity index (χ3v) is 4.57. The summed E-state index contributed by atoms with van der Waals surface area (Å²) in [6.07, 6.45) is 0.597. The number of hydrogen-bond acceptors (Lipinski definition) is 2. The van der Waals surface area contributed by atoms with E-state index < -0.39 is 0 Å². The molecule has 22 heavy (non-hydrogen) atoms. The van der Waals surface area contributed by atoms with E-state index in [0.29, 0.717) is 13.0 Å². The van der Waals surface area contributed by atoms with E-state index in [1.807, 2.05) is 29.8 Å². The molecule has 0 atom stereocenters. The van der Waals surface area contributed by atoms with Gasteiger partial charge in [-0.05, 0) is 18.1 Å². The first-order valence-corrected chi connectivity index (χ1v) is 8.72. The fourth-order valence-corrected chi connectivity index (χ4v) is 3.06. The SMILES string of the molecule is Cc1ccc(CN(C)C(=O)CCSCc2ccccc2)cc1. The number of carbonyl (C=O) groups excluding carboxylic acids is 1. The van der Waals surface area contributed by atoms with Crippen molar-refractivity contribution in [3.63, 3.8) is 0 Å². The summed E-state index contributed by atoms with van der Waals surface area (Å²) in [7, 11) is 1.88. The molecule has 0 bridgehead atoms. The summed E-state index contributed by atoms with van der Waals surface area (Å²) in [5.74, 6) is 2.04. The molecule has 0 aliphatic rings. The van der Waals surface area contributed by atoms with Crippen molar-refractivity contribution in [1.29, 1.82) is 0 Å². The average Bonchev–Trinajstić information content (AvgIpc) is 2.54. The van der Waals surface area contributed by atoms with E-state index in [-0.39, 0.29) is 5.91 Å². The van der Waals surface area contributed by atoms with E-state index in [4.69, 9.17) is 0 Å². The molecular formula is C19H23NOS. The van der Waals surface area contributed by atoms with Crippen LogP contribution in [0.2, 0.25) is 0 Å². The minimum atomic E-state index is 0.209. The maximum Gasteiger partial charge on any atom is 0.223 e. The summed E-state index contributed by atoms with van der Waals surface area (Å²) in [5.41, 5.74) is 3.74. The summed E-state index contributed by atoms with van der Waals surface area (Å²) in [4.78, 5) is 14.0. The Hall–Kier alpha value is -1.74. The van der Waals surface area contributed by atoms with Crippen LogP contribution in [0.1, 0.15) is 23.1 Å². The summed E-state index contributed by atoms with van der Waals surface area (Å²) >= 11 is 1.81. The summed E-state index contributed by atoms with van der Waals surface area (Å²) in [5, 5.41) is 0. The number of rotatable bonds is 7. The van der Waals surface area contributed by atoms with E-state index in [1.54, 1.807) is 0 Å². The number of aryl methyl sites for hydroxylation is 1. The summed E-state index contributed by atoms with van der Waals surface area (Å²) in [6.45, 7) is 2.76.